The second-order valence-corrected chi connectivity index (χ2v) is 5.69. The molecule has 1 atom stereocenters. The van der Waals surface area contributed by atoms with Gasteiger partial charge in [0, 0.05) is 18.7 Å². The number of hydrogen-bond donors (Lipinski definition) is 1. The summed E-state index contributed by atoms with van der Waals surface area (Å²) in [6, 6.07) is 1.37. The van der Waals surface area contributed by atoms with Gasteiger partial charge in [0.05, 0.1) is 6.10 Å². The van der Waals surface area contributed by atoms with E-state index in [9.17, 15) is 0 Å². The normalized spacial score (nSPS) is 27.4. The van der Waals surface area contributed by atoms with Gasteiger partial charge in [0.25, 0.3) is 0 Å². The molecule has 0 aromatic heterocycles. The van der Waals surface area contributed by atoms with E-state index in [4.69, 9.17) is 4.74 Å². The highest BCUT2D eigenvalue weighted by Gasteiger charge is 2.29. The van der Waals surface area contributed by atoms with Crippen molar-refractivity contribution in [2.24, 2.45) is 0 Å². The third kappa shape index (κ3) is 5.23. The third-order valence-corrected chi connectivity index (χ3v) is 3.85. The quantitative estimate of drug-likeness (QED) is 0.649. The van der Waals surface area contributed by atoms with Gasteiger partial charge in [0.1, 0.15) is 0 Å². The SMILES string of the molecule is CCOC1CC(NC(C)CCSCC)C1. The van der Waals surface area contributed by atoms with Gasteiger partial charge >= 0.3 is 0 Å². The number of rotatable bonds is 8. The van der Waals surface area contributed by atoms with Crippen LogP contribution in [0.3, 0.4) is 0 Å². The summed E-state index contributed by atoms with van der Waals surface area (Å²) in [5, 5.41) is 3.67. The van der Waals surface area contributed by atoms with E-state index in [2.05, 4.69) is 26.1 Å². The zero-order chi connectivity index (χ0) is 11.1. The predicted octanol–water partition coefficient (Wildman–Crippen LogP) is 2.68. The lowest BCUT2D eigenvalue weighted by Crippen LogP contribution is -2.48. The smallest absolute Gasteiger partial charge is 0.0604 e. The molecule has 1 aliphatic carbocycles. The first-order valence-electron chi connectivity index (χ1n) is 6.21. The van der Waals surface area contributed by atoms with Gasteiger partial charge in [-0.25, -0.2) is 0 Å². The summed E-state index contributed by atoms with van der Waals surface area (Å²) >= 11 is 2.03. The molecule has 0 aromatic rings. The molecule has 0 amide bonds. The topological polar surface area (TPSA) is 21.3 Å². The largest absolute Gasteiger partial charge is 0.378 e. The molecule has 90 valence electrons. The molecule has 1 aliphatic rings. The molecular formula is C12H25NOS. The Morgan fingerprint density at radius 2 is 2.13 bits per heavy atom. The van der Waals surface area contributed by atoms with Crippen LogP contribution in [0.1, 0.15) is 40.0 Å². The second kappa shape index (κ2) is 7.53. The first kappa shape index (κ1) is 13.3. The maximum absolute atomic E-state index is 5.54. The van der Waals surface area contributed by atoms with Gasteiger partial charge in [0.2, 0.25) is 0 Å². The predicted molar refractivity (Wildman–Crippen MR) is 68.6 cm³/mol. The van der Waals surface area contributed by atoms with Crippen LogP contribution in [0.4, 0.5) is 0 Å². The maximum Gasteiger partial charge on any atom is 0.0604 e. The lowest BCUT2D eigenvalue weighted by atomic mass is 9.88. The van der Waals surface area contributed by atoms with Crippen LogP contribution < -0.4 is 5.32 Å². The van der Waals surface area contributed by atoms with Crippen molar-refractivity contribution >= 4 is 11.8 Å². The van der Waals surface area contributed by atoms with Crippen molar-refractivity contribution in [1.82, 2.24) is 5.32 Å². The molecule has 0 aromatic carbocycles. The Hall–Kier alpha value is 0.270. The van der Waals surface area contributed by atoms with Crippen LogP contribution in [0.5, 0.6) is 0 Å². The molecule has 0 bridgehead atoms. The summed E-state index contributed by atoms with van der Waals surface area (Å²) in [6.07, 6.45) is 4.23. The summed E-state index contributed by atoms with van der Waals surface area (Å²) < 4.78 is 5.54. The number of hydrogen-bond acceptors (Lipinski definition) is 3. The first-order valence-corrected chi connectivity index (χ1v) is 7.37. The molecule has 1 unspecified atom stereocenters. The van der Waals surface area contributed by atoms with Crippen molar-refractivity contribution in [2.75, 3.05) is 18.1 Å². The molecule has 2 nitrogen and oxygen atoms in total. The van der Waals surface area contributed by atoms with Crippen molar-refractivity contribution in [3.8, 4) is 0 Å². The molecule has 0 aliphatic heterocycles. The summed E-state index contributed by atoms with van der Waals surface area (Å²) in [7, 11) is 0. The molecule has 0 heterocycles. The zero-order valence-corrected chi connectivity index (χ0v) is 11.1. The monoisotopic (exact) mass is 231 g/mol. The minimum atomic E-state index is 0.532. The van der Waals surface area contributed by atoms with Crippen LogP contribution in [0.2, 0.25) is 0 Å². The lowest BCUT2D eigenvalue weighted by molar-refractivity contribution is -0.0119. The Labute approximate surface area is 98.5 Å². The molecule has 0 spiro atoms. The second-order valence-electron chi connectivity index (χ2n) is 4.30. The van der Waals surface area contributed by atoms with Gasteiger partial charge < -0.3 is 10.1 Å². The van der Waals surface area contributed by atoms with Gasteiger partial charge in [-0.3, -0.25) is 0 Å². The average Bonchev–Trinajstić information content (AvgIpc) is 2.15. The fraction of sp³-hybridized carbons (Fsp3) is 1.00. The van der Waals surface area contributed by atoms with Crippen molar-refractivity contribution in [2.45, 2.75) is 58.2 Å². The van der Waals surface area contributed by atoms with Gasteiger partial charge in [-0.05, 0) is 44.6 Å². The highest BCUT2D eigenvalue weighted by Crippen LogP contribution is 2.23. The third-order valence-electron chi connectivity index (χ3n) is 2.92. The standard InChI is InChI=1S/C12H25NOS/c1-4-14-12-8-11(9-12)13-10(3)6-7-15-5-2/h10-13H,4-9H2,1-3H3. The van der Waals surface area contributed by atoms with E-state index in [0.717, 1.165) is 6.61 Å². The molecule has 1 rings (SSSR count). The van der Waals surface area contributed by atoms with Crippen LogP contribution >= 0.6 is 11.8 Å². The minimum Gasteiger partial charge on any atom is -0.378 e. The Morgan fingerprint density at radius 3 is 2.73 bits per heavy atom. The van der Waals surface area contributed by atoms with E-state index in [1.165, 1.54) is 30.8 Å². The highest BCUT2D eigenvalue weighted by atomic mass is 32.2. The Kier molecular flexibility index (Phi) is 6.69. The van der Waals surface area contributed by atoms with E-state index in [-0.39, 0.29) is 0 Å². The van der Waals surface area contributed by atoms with E-state index in [1.807, 2.05) is 11.8 Å². The molecule has 1 saturated carbocycles. The lowest BCUT2D eigenvalue weighted by Gasteiger charge is -2.37. The van der Waals surface area contributed by atoms with Crippen LogP contribution in [0, 0.1) is 0 Å². The fourth-order valence-electron chi connectivity index (χ4n) is 1.96. The van der Waals surface area contributed by atoms with Crippen LogP contribution in [-0.4, -0.2) is 36.3 Å². The summed E-state index contributed by atoms with van der Waals surface area (Å²) in [5.74, 6) is 2.52. The number of thioether (sulfide) groups is 1. The van der Waals surface area contributed by atoms with Crippen LogP contribution in [0.15, 0.2) is 0 Å². The van der Waals surface area contributed by atoms with Crippen molar-refractivity contribution in [3.05, 3.63) is 0 Å². The van der Waals surface area contributed by atoms with Gasteiger partial charge in [-0.1, -0.05) is 6.92 Å². The Bertz CT molecular complexity index is 157. The summed E-state index contributed by atoms with van der Waals surface area (Å²) in [5.41, 5.74) is 0. The fourth-order valence-corrected chi connectivity index (χ4v) is 2.77. The maximum atomic E-state index is 5.54. The molecule has 1 N–H and O–H groups in total. The molecule has 1 fully saturated rings. The van der Waals surface area contributed by atoms with Gasteiger partial charge in [0.15, 0.2) is 0 Å². The number of nitrogens with one attached hydrogen (secondary N) is 1. The molecule has 0 radical (unpaired) electrons. The van der Waals surface area contributed by atoms with E-state index < -0.39 is 0 Å². The Morgan fingerprint density at radius 1 is 1.40 bits per heavy atom. The van der Waals surface area contributed by atoms with Gasteiger partial charge in [-0.15, -0.1) is 0 Å². The molecule has 0 saturated heterocycles. The van der Waals surface area contributed by atoms with Crippen molar-refractivity contribution < 1.29 is 4.74 Å². The van der Waals surface area contributed by atoms with E-state index in [0.29, 0.717) is 18.2 Å². The first-order chi connectivity index (χ1) is 7.26. The minimum absolute atomic E-state index is 0.532. The summed E-state index contributed by atoms with van der Waals surface area (Å²) in [6.45, 7) is 7.46. The molecule has 15 heavy (non-hydrogen) atoms. The highest BCUT2D eigenvalue weighted by molar-refractivity contribution is 7.99. The molecular weight excluding hydrogens is 206 g/mol. The molecule has 3 heteroatoms. The van der Waals surface area contributed by atoms with E-state index in [1.54, 1.807) is 0 Å². The van der Waals surface area contributed by atoms with Gasteiger partial charge in [-0.2, -0.15) is 11.8 Å². The average molecular weight is 231 g/mol. The zero-order valence-electron chi connectivity index (χ0n) is 10.3. The van der Waals surface area contributed by atoms with Crippen molar-refractivity contribution in [1.29, 1.82) is 0 Å². The number of ether oxygens (including phenoxy) is 1. The van der Waals surface area contributed by atoms with E-state index >= 15 is 0 Å². The van der Waals surface area contributed by atoms with Crippen LogP contribution in [0.25, 0.3) is 0 Å². The summed E-state index contributed by atoms with van der Waals surface area (Å²) in [4.78, 5) is 0. The Balaban J connectivity index is 1.96. The van der Waals surface area contributed by atoms with Crippen molar-refractivity contribution in [3.63, 3.8) is 0 Å². The van der Waals surface area contributed by atoms with Crippen LogP contribution in [-0.2, 0) is 4.74 Å².